The van der Waals surface area contributed by atoms with Crippen molar-refractivity contribution in [3.63, 3.8) is 0 Å². The molecule has 1 heterocycles. The van der Waals surface area contributed by atoms with Crippen molar-refractivity contribution in [3.05, 3.63) is 24.0 Å². The van der Waals surface area contributed by atoms with Crippen molar-refractivity contribution in [2.75, 3.05) is 24.5 Å². The Morgan fingerprint density at radius 3 is 2.84 bits per heavy atom. The van der Waals surface area contributed by atoms with Crippen molar-refractivity contribution < 1.29 is 8.94 Å². The summed E-state index contributed by atoms with van der Waals surface area (Å²) in [5, 5.41) is 3.27. The summed E-state index contributed by atoms with van der Waals surface area (Å²) in [7, 11) is 0. The van der Waals surface area contributed by atoms with E-state index in [0.29, 0.717) is 10.9 Å². The summed E-state index contributed by atoms with van der Waals surface area (Å²) >= 11 is -1.31. The van der Waals surface area contributed by atoms with Gasteiger partial charge in [-0.25, -0.2) is 4.39 Å². The van der Waals surface area contributed by atoms with E-state index in [2.05, 4.69) is 17.1 Å². The first-order valence-electron chi connectivity index (χ1n) is 6.68. The molecule has 0 unspecified atom stereocenters. The largest absolute Gasteiger partial charge is 0.611 e. The van der Waals surface area contributed by atoms with Crippen LogP contribution in [0.25, 0.3) is 0 Å². The average molecular weight is 284 g/mol. The normalized spacial score (nSPS) is 21.8. The van der Waals surface area contributed by atoms with Gasteiger partial charge in [0.2, 0.25) is 4.90 Å². The Hall–Kier alpha value is -0.780. The van der Waals surface area contributed by atoms with Gasteiger partial charge in [-0.2, -0.15) is 0 Å². The molecule has 1 aliphatic rings. The highest BCUT2D eigenvalue weighted by Crippen LogP contribution is 2.31. The topological polar surface area (TPSA) is 38.3 Å². The fourth-order valence-electron chi connectivity index (χ4n) is 2.33. The number of piperazine rings is 1. The van der Waals surface area contributed by atoms with Gasteiger partial charge in [0.05, 0.1) is 5.69 Å². The lowest BCUT2D eigenvalue weighted by atomic mass is 10.2. The molecule has 106 valence electrons. The number of hydrogen-bond acceptors (Lipinski definition) is 3. The van der Waals surface area contributed by atoms with Crippen molar-refractivity contribution in [1.29, 1.82) is 0 Å². The van der Waals surface area contributed by atoms with Gasteiger partial charge in [-0.1, -0.05) is 6.07 Å². The second kappa shape index (κ2) is 6.11. The number of benzene rings is 1. The molecule has 1 N–H and O–H groups in total. The summed E-state index contributed by atoms with van der Waals surface area (Å²) < 4.78 is 26.4. The van der Waals surface area contributed by atoms with Crippen LogP contribution < -0.4 is 10.2 Å². The number of nitrogens with zero attached hydrogens (tertiary/aromatic N) is 1. The van der Waals surface area contributed by atoms with Gasteiger partial charge in [0.25, 0.3) is 0 Å². The van der Waals surface area contributed by atoms with Gasteiger partial charge in [-0.15, -0.1) is 0 Å². The molecule has 1 fully saturated rings. The van der Waals surface area contributed by atoms with Gasteiger partial charge in [0.1, 0.15) is 5.25 Å². The molecule has 0 amide bonds. The molecule has 0 radical (unpaired) electrons. The standard InChI is InChI=1S/C14H21FN2OS/c1-10(2)19(18)14-12(15)5-4-6-13(14)17-8-7-16-11(3)9-17/h4-6,10-11,16H,7-9H2,1-3H3/t11-,19-/m0/s1. The summed E-state index contributed by atoms with van der Waals surface area (Å²) in [4.78, 5) is 2.48. The number of rotatable bonds is 3. The Balaban J connectivity index is 2.36. The third-order valence-electron chi connectivity index (χ3n) is 3.28. The van der Waals surface area contributed by atoms with Crippen LogP contribution in [-0.2, 0) is 11.2 Å². The van der Waals surface area contributed by atoms with Crippen molar-refractivity contribution in [2.24, 2.45) is 0 Å². The van der Waals surface area contributed by atoms with Gasteiger partial charge < -0.3 is 14.8 Å². The van der Waals surface area contributed by atoms with E-state index in [1.807, 2.05) is 19.9 Å². The molecule has 1 saturated heterocycles. The lowest BCUT2D eigenvalue weighted by Crippen LogP contribution is -2.49. The maximum Gasteiger partial charge on any atom is 0.211 e. The minimum absolute atomic E-state index is 0.0870. The number of anilines is 1. The van der Waals surface area contributed by atoms with Crippen molar-refractivity contribution in [3.8, 4) is 0 Å². The molecule has 5 heteroatoms. The molecular weight excluding hydrogens is 263 g/mol. The fourth-order valence-corrected chi connectivity index (χ4v) is 3.47. The zero-order valence-electron chi connectivity index (χ0n) is 11.6. The molecule has 3 nitrogen and oxygen atoms in total. The Labute approximate surface area is 117 Å². The van der Waals surface area contributed by atoms with Crippen LogP contribution >= 0.6 is 0 Å². The molecule has 0 saturated carbocycles. The molecule has 2 rings (SSSR count). The minimum atomic E-state index is -1.31. The van der Waals surface area contributed by atoms with Crippen LogP contribution in [0.5, 0.6) is 0 Å². The smallest absolute Gasteiger partial charge is 0.211 e. The highest BCUT2D eigenvalue weighted by molar-refractivity contribution is 7.92. The Bertz CT molecular complexity index is 441. The van der Waals surface area contributed by atoms with Crippen LogP contribution in [-0.4, -0.2) is 35.5 Å². The molecule has 1 aromatic carbocycles. The third-order valence-corrected chi connectivity index (χ3v) is 4.95. The molecule has 0 aliphatic carbocycles. The van der Waals surface area contributed by atoms with E-state index in [0.717, 1.165) is 25.3 Å². The second-order valence-electron chi connectivity index (χ2n) is 5.24. The number of nitrogens with one attached hydrogen (secondary N) is 1. The molecule has 19 heavy (non-hydrogen) atoms. The number of hydrogen-bond donors (Lipinski definition) is 1. The molecule has 1 aliphatic heterocycles. The lowest BCUT2D eigenvalue weighted by Gasteiger charge is -2.34. The van der Waals surface area contributed by atoms with E-state index >= 15 is 0 Å². The number of halogens is 1. The molecule has 0 aromatic heterocycles. The maximum atomic E-state index is 14.1. The van der Waals surface area contributed by atoms with Gasteiger partial charge in [0.15, 0.2) is 5.82 Å². The Kier molecular flexibility index (Phi) is 4.71. The van der Waals surface area contributed by atoms with Crippen LogP contribution in [0.4, 0.5) is 10.1 Å². The summed E-state index contributed by atoms with van der Waals surface area (Å²) in [5.41, 5.74) is 0.778. The van der Waals surface area contributed by atoms with Crippen LogP contribution in [0.2, 0.25) is 0 Å². The molecule has 1 aromatic rings. The SMILES string of the molecule is CC(C)[S@+]([O-])c1c(F)cccc1N1CCN[C@@H](C)C1. The highest BCUT2D eigenvalue weighted by Gasteiger charge is 2.28. The van der Waals surface area contributed by atoms with Gasteiger partial charge in [-0.3, -0.25) is 0 Å². The van der Waals surface area contributed by atoms with Crippen LogP contribution in [0, 0.1) is 5.82 Å². The Morgan fingerprint density at radius 2 is 2.21 bits per heavy atom. The highest BCUT2D eigenvalue weighted by atomic mass is 32.2. The van der Waals surface area contributed by atoms with E-state index in [1.165, 1.54) is 6.07 Å². The van der Waals surface area contributed by atoms with Crippen molar-refractivity contribution >= 4 is 16.9 Å². The van der Waals surface area contributed by atoms with Gasteiger partial charge >= 0.3 is 0 Å². The lowest BCUT2D eigenvalue weighted by molar-refractivity contribution is 0.480. The first-order valence-corrected chi connectivity index (χ1v) is 7.89. The zero-order chi connectivity index (χ0) is 14.0. The van der Waals surface area contributed by atoms with Crippen LogP contribution in [0.15, 0.2) is 23.1 Å². The molecule has 0 spiro atoms. The zero-order valence-corrected chi connectivity index (χ0v) is 12.5. The summed E-state index contributed by atoms with van der Waals surface area (Å²) in [5.74, 6) is -0.365. The molecule has 0 bridgehead atoms. The van der Waals surface area contributed by atoms with Crippen LogP contribution in [0.3, 0.4) is 0 Å². The monoisotopic (exact) mass is 284 g/mol. The van der Waals surface area contributed by atoms with Crippen molar-refractivity contribution in [2.45, 2.75) is 37.0 Å². The van der Waals surface area contributed by atoms with E-state index in [-0.39, 0.29) is 11.1 Å². The third kappa shape index (κ3) is 3.22. The fraction of sp³-hybridized carbons (Fsp3) is 0.571. The van der Waals surface area contributed by atoms with Gasteiger partial charge in [-0.05, 0) is 44.1 Å². The summed E-state index contributed by atoms with van der Waals surface area (Å²) in [6.07, 6.45) is 0. The predicted molar refractivity (Wildman–Crippen MR) is 77.6 cm³/mol. The van der Waals surface area contributed by atoms with Crippen LogP contribution in [0.1, 0.15) is 20.8 Å². The summed E-state index contributed by atoms with van der Waals surface area (Å²) in [6.45, 7) is 8.30. The van der Waals surface area contributed by atoms with E-state index < -0.39 is 11.2 Å². The first-order chi connectivity index (χ1) is 9.00. The quantitative estimate of drug-likeness (QED) is 0.864. The maximum absolute atomic E-state index is 14.1. The molecular formula is C14H21FN2OS. The Morgan fingerprint density at radius 1 is 1.47 bits per heavy atom. The van der Waals surface area contributed by atoms with E-state index in [4.69, 9.17) is 0 Å². The van der Waals surface area contributed by atoms with Crippen molar-refractivity contribution in [1.82, 2.24) is 5.32 Å². The average Bonchev–Trinajstić information content (AvgIpc) is 2.37. The first kappa shape index (κ1) is 14.6. The van der Waals surface area contributed by atoms with Gasteiger partial charge in [0, 0.05) is 25.7 Å². The summed E-state index contributed by atoms with van der Waals surface area (Å²) in [6, 6.07) is 5.32. The second-order valence-corrected chi connectivity index (χ2v) is 7.18. The minimum Gasteiger partial charge on any atom is -0.611 e. The van der Waals surface area contributed by atoms with E-state index in [1.54, 1.807) is 6.07 Å². The predicted octanol–water partition coefficient (Wildman–Crippen LogP) is 2.14. The van der Waals surface area contributed by atoms with E-state index in [9.17, 15) is 8.94 Å². The molecule has 2 atom stereocenters.